The lowest BCUT2D eigenvalue weighted by atomic mass is 10.1. The fourth-order valence-electron chi connectivity index (χ4n) is 2.51. The molecular weight excluding hydrogens is 336 g/mol. The molecule has 25 heavy (non-hydrogen) atoms. The van der Waals surface area contributed by atoms with E-state index in [1.165, 1.54) is 16.9 Å². The molecule has 0 radical (unpaired) electrons. The summed E-state index contributed by atoms with van der Waals surface area (Å²) in [5.41, 5.74) is 1.59. The molecule has 0 aliphatic carbocycles. The number of aromatic nitrogens is 1. The van der Waals surface area contributed by atoms with Gasteiger partial charge in [-0.15, -0.1) is 11.3 Å². The molecule has 0 saturated carbocycles. The normalized spacial score (nSPS) is 12.0. The maximum Gasteiger partial charge on any atom is 0.270 e. The third-order valence-electron chi connectivity index (χ3n) is 3.86. The number of thiazole rings is 1. The van der Waals surface area contributed by atoms with Gasteiger partial charge in [0.15, 0.2) is 0 Å². The second kappa shape index (κ2) is 8.60. The summed E-state index contributed by atoms with van der Waals surface area (Å²) in [6.45, 7) is 0.360. The van der Waals surface area contributed by atoms with Crippen molar-refractivity contribution in [2.45, 2.75) is 12.8 Å². The molecule has 130 valence electrons. The summed E-state index contributed by atoms with van der Waals surface area (Å²) in [7, 11) is 0. The number of carbonyl (C=O) groups excluding carboxylic acids is 1. The largest absolute Gasteiger partial charge is 0.469 e. The number of amides is 1. The molecule has 0 aliphatic rings. The Hall–Kier alpha value is -2.44. The van der Waals surface area contributed by atoms with Crippen LogP contribution in [0.3, 0.4) is 0 Å². The third kappa shape index (κ3) is 5.01. The summed E-state index contributed by atoms with van der Waals surface area (Å²) in [4.78, 5) is 16.7. The Morgan fingerprint density at radius 2 is 2.08 bits per heavy atom. The number of hydrogen-bond acceptors (Lipinski definition) is 5. The van der Waals surface area contributed by atoms with E-state index in [0.29, 0.717) is 18.7 Å². The Morgan fingerprint density at radius 1 is 1.24 bits per heavy atom. The SMILES string of the molecule is O=C(NC[C@H](CO)Cc1ccco1)c1csc(Cc2ccccc2)n1. The van der Waals surface area contributed by atoms with E-state index >= 15 is 0 Å². The Balaban J connectivity index is 1.52. The Labute approximate surface area is 150 Å². The molecule has 2 heterocycles. The van der Waals surface area contributed by atoms with Crippen LogP contribution in [0.15, 0.2) is 58.5 Å². The van der Waals surface area contributed by atoms with Gasteiger partial charge in [-0.05, 0) is 17.7 Å². The van der Waals surface area contributed by atoms with Gasteiger partial charge in [0.05, 0.1) is 11.3 Å². The molecule has 2 N–H and O–H groups in total. The van der Waals surface area contributed by atoms with Gasteiger partial charge in [0.2, 0.25) is 0 Å². The first-order valence-corrected chi connectivity index (χ1v) is 9.02. The van der Waals surface area contributed by atoms with Crippen LogP contribution in [0.5, 0.6) is 0 Å². The van der Waals surface area contributed by atoms with Gasteiger partial charge in [0.25, 0.3) is 5.91 Å². The molecular formula is C19H20N2O3S. The molecule has 0 saturated heterocycles. The lowest BCUT2D eigenvalue weighted by Gasteiger charge is -2.13. The first kappa shape index (κ1) is 17.4. The van der Waals surface area contributed by atoms with Crippen LogP contribution in [-0.4, -0.2) is 29.1 Å². The van der Waals surface area contributed by atoms with E-state index in [1.54, 1.807) is 11.6 Å². The average Bonchev–Trinajstić information content (AvgIpc) is 3.31. The number of benzene rings is 1. The lowest BCUT2D eigenvalue weighted by Crippen LogP contribution is -2.32. The minimum Gasteiger partial charge on any atom is -0.469 e. The highest BCUT2D eigenvalue weighted by Gasteiger charge is 2.15. The molecule has 1 amide bonds. The van der Waals surface area contributed by atoms with Crippen LogP contribution in [0.4, 0.5) is 0 Å². The van der Waals surface area contributed by atoms with E-state index in [2.05, 4.69) is 10.3 Å². The molecule has 0 unspecified atom stereocenters. The first-order valence-electron chi connectivity index (χ1n) is 8.14. The van der Waals surface area contributed by atoms with E-state index in [9.17, 15) is 9.90 Å². The van der Waals surface area contributed by atoms with Gasteiger partial charge < -0.3 is 14.8 Å². The van der Waals surface area contributed by atoms with Gasteiger partial charge in [-0.1, -0.05) is 30.3 Å². The Morgan fingerprint density at radius 3 is 2.80 bits per heavy atom. The highest BCUT2D eigenvalue weighted by atomic mass is 32.1. The highest BCUT2D eigenvalue weighted by Crippen LogP contribution is 2.15. The molecule has 0 fully saturated rings. The maximum atomic E-state index is 12.3. The highest BCUT2D eigenvalue weighted by molar-refractivity contribution is 7.09. The number of nitrogens with one attached hydrogen (secondary N) is 1. The molecule has 0 aliphatic heterocycles. The first-order chi connectivity index (χ1) is 12.2. The van der Waals surface area contributed by atoms with Crippen molar-refractivity contribution in [2.24, 2.45) is 5.92 Å². The number of rotatable bonds is 8. The summed E-state index contributed by atoms with van der Waals surface area (Å²) >= 11 is 1.48. The van der Waals surface area contributed by atoms with Crippen molar-refractivity contribution in [3.8, 4) is 0 Å². The molecule has 0 spiro atoms. The van der Waals surface area contributed by atoms with Crippen LogP contribution in [0.1, 0.15) is 26.8 Å². The van der Waals surface area contributed by atoms with E-state index in [0.717, 1.165) is 17.2 Å². The predicted molar refractivity (Wildman–Crippen MR) is 96.7 cm³/mol. The monoisotopic (exact) mass is 356 g/mol. The topological polar surface area (TPSA) is 75.4 Å². The summed E-state index contributed by atoms with van der Waals surface area (Å²) in [6, 6.07) is 13.7. The molecule has 3 rings (SSSR count). The van der Waals surface area contributed by atoms with Crippen molar-refractivity contribution in [3.05, 3.63) is 76.1 Å². The van der Waals surface area contributed by atoms with E-state index in [4.69, 9.17) is 4.42 Å². The molecule has 3 aromatic rings. The molecule has 5 nitrogen and oxygen atoms in total. The van der Waals surface area contributed by atoms with Crippen molar-refractivity contribution < 1.29 is 14.3 Å². The summed E-state index contributed by atoms with van der Waals surface area (Å²) in [5.74, 6) is 0.498. The number of hydrogen-bond donors (Lipinski definition) is 2. The molecule has 0 bridgehead atoms. The molecule has 1 atom stereocenters. The second-order valence-electron chi connectivity index (χ2n) is 5.83. The van der Waals surface area contributed by atoms with Crippen LogP contribution >= 0.6 is 11.3 Å². The van der Waals surface area contributed by atoms with Crippen molar-refractivity contribution in [2.75, 3.05) is 13.2 Å². The fraction of sp³-hybridized carbons (Fsp3) is 0.263. The van der Waals surface area contributed by atoms with E-state index in [-0.39, 0.29) is 18.4 Å². The minimum atomic E-state index is -0.214. The maximum absolute atomic E-state index is 12.3. The zero-order valence-electron chi connectivity index (χ0n) is 13.7. The van der Waals surface area contributed by atoms with Crippen LogP contribution in [0, 0.1) is 5.92 Å². The van der Waals surface area contributed by atoms with Crippen LogP contribution in [-0.2, 0) is 12.8 Å². The zero-order valence-corrected chi connectivity index (χ0v) is 14.5. The fourth-order valence-corrected chi connectivity index (χ4v) is 3.32. The van der Waals surface area contributed by atoms with Crippen LogP contribution < -0.4 is 5.32 Å². The standard InChI is InChI=1S/C19H20N2O3S/c22-12-15(9-16-7-4-8-24-16)11-20-19(23)17-13-25-18(21-17)10-14-5-2-1-3-6-14/h1-8,13,15,22H,9-12H2,(H,20,23)/t15-/m1/s1. The Bertz CT molecular complexity index is 784. The van der Waals surface area contributed by atoms with Gasteiger partial charge in [-0.3, -0.25) is 4.79 Å². The van der Waals surface area contributed by atoms with Gasteiger partial charge in [0.1, 0.15) is 11.5 Å². The number of aliphatic hydroxyl groups excluding tert-OH is 1. The van der Waals surface area contributed by atoms with Crippen LogP contribution in [0.25, 0.3) is 0 Å². The van der Waals surface area contributed by atoms with Crippen molar-refractivity contribution in [3.63, 3.8) is 0 Å². The molecule has 2 aromatic heterocycles. The van der Waals surface area contributed by atoms with Crippen LogP contribution in [0.2, 0.25) is 0 Å². The second-order valence-corrected chi connectivity index (χ2v) is 6.77. The number of furan rings is 1. The number of carbonyl (C=O) groups is 1. The molecule has 6 heteroatoms. The molecule has 1 aromatic carbocycles. The van der Waals surface area contributed by atoms with Crippen molar-refractivity contribution in [1.82, 2.24) is 10.3 Å². The van der Waals surface area contributed by atoms with E-state index < -0.39 is 0 Å². The van der Waals surface area contributed by atoms with E-state index in [1.807, 2.05) is 42.5 Å². The van der Waals surface area contributed by atoms with Gasteiger partial charge in [0, 0.05) is 37.3 Å². The summed E-state index contributed by atoms with van der Waals surface area (Å²) in [5, 5.41) is 15.0. The summed E-state index contributed by atoms with van der Waals surface area (Å²) in [6.07, 6.45) is 2.91. The minimum absolute atomic E-state index is 0.0166. The van der Waals surface area contributed by atoms with Crippen molar-refractivity contribution >= 4 is 17.2 Å². The third-order valence-corrected chi connectivity index (χ3v) is 4.71. The lowest BCUT2D eigenvalue weighted by molar-refractivity contribution is 0.0934. The number of aliphatic hydroxyl groups is 1. The summed E-state index contributed by atoms with van der Waals surface area (Å²) < 4.78 is 5.28. The quantitative estimate of drug-likeness (QED) is 0.651. The zero-order chi connectivity index (χ0) is 17.5. The Kier molecular flexibility index (Phi) is 5.98. The smallest absolute Gasteiger partial charge is 0.270 e. The predicted octanol–water partition coefficient (Wildman–Crippen LogP) is 2.91. The van der Waals surface area contributed by atoms with Crippen molar-refractivity contribution in [1.29, 1.82) is 0 Å². The van der Waals surface area contributed by atoms with Gasteiger partial charge >= 0.3 is 0 Å². The average molecular weight is 356 g/mol. The number of nitrogens with zero attached hydrogens (tertiary/aromatic N) is 1. The van der Waals surface area contributed by atoms with Gasteiger partial charge in [-0.25, -0.2) is 4.98 Å². The van der Waals surface area contributed by atoms with Gasteiger partial charge in [-0.2, -0.15) is 0 Å².